The smallest absolute Gasteiger partial charge is 0.0619 e. The highest BCUT2D eigenvalue weighted by Crippen LogP contribution is 2.54. The topological polar surface area (TPSA) is 0 Å². The molecule has 0 radical (unpaired) electrons. The first-order valence-electron chi connectivity index (χ1n) is 16.7. The molecule has 184 valence electrons. The molecule has 0 bridgehead atoms. The van der Waals surface area contributed by atoms with E-state index in [-0.39, 0.29) is 45.9 Å². The Hall–Kier alpha value is -4.68. The first kappa shape index (κ1) is 16.3. The minimum absolute atomic E-state index is 0.0426. The predicted octanol–water partition coefficient (Wildman–Crippen LogP) is 10.8. The summed E-state index contributed by atoms with van der Waals surface area (Å²) in [5, 5.41) is 3.34. The van der Waals surface area contributed by atoms with Crippen molar-refractivity contribution in [2.24, 2.45) is 0 Å². The van der Waals surface area contributed by atoms with E-state index in [4.69, 9.17) is 6.85 Å². The van der Waals surface area contributed by atoms with Crippen LogP contribution in [-0.4, -0.2) is 0 Å². The minimum atomic E-state index is -0.474. The molecule has 0 aliphatic heterocycles. The number of benzene rings is 7. The molecule has 1 aliphatic carbocycles. The SMILES string of the molecule is [2H]c1c([2H])c([2H])c2c([2H])c(-c3c4ccccc4c(-c4cccc5c4-c4ccccc4C5(C)C)c4ccccc34)c([2H])c([2H])c2c1[2H]. The number of rotatable bonds is 2. The van der Waals surface area contributed by atoms with E-state index in [0.29, 0.717) is 5.56 Å². The van der Waals surface area contributed by atoms with Gasteiger partial charge in [0.1, 0.15) is 0 Å². The number of hydrogen-bond acceptors (Lipinski definition) is 0. The highest BCUT2D eigenvalue weighted by Gasteiger charge is 2.37. The van der Waals surface area contributed by atoms with E-state index < -0.39 is 18.1 Å². The largest absolute Gasteiger partial charge is 0.0636 e. The van der Waals surface area contributed by atoms with Gasteiger partial charge in [0.25, 0.3) is 0 Å². The fraction of sp³-hybridized carbons (Fsp3) is 0.0769. The van der Waals surface area contributed by atoms with Crippen molar-refractivity contribution in [3.8, 4) is 33.4 Å². The van der Waals surface area contributed by atoms with Crippen LogP contribution in [0.15, 0.2) is 133 Å². The summed E-state index contributed by atoms with van der Waals surface area (Å²) in [7, 11) is 0. The zero-order valence-corrected chi connectivity index (χ0v) is 21.7. The summed E-state index contributed by atoms with van der Waals surface area (Å²) in [4.78, 5) is 0. The van der Waals surface area contributed by atoms with Crippen LogP contribution in [0.25, 0.3) is 65.7 Å². The van der Waals surface area contributed by atoms with E-state index >= 15 is 0 Å². The third-order valence-corrected chi connectivity index (χ3v) is 8.31. The lowest BCUT2D eigenvalue weighted by Crippen LogP contribution is -2.14. The molecule has 0 heteroatoms. The maximum Gasteiger partial charge on any atom is 0.0636 e. The average molecular weight is 504 g/mol. The van der Waals surface area contributed by atoms with E-state index in [9.17, 15) is 2.74 Å². The zero-order chi connectivity index (χ0) is 32.2. The summed E-state index contributed by atoms with van der Waals surface area (Å²) in [6, 6.07) is 28.6. The highest BCUT2D eigenvalue weighted by atomic mass is 14.4. The Labute approximate surface area is 239 Å². The quantitative estimate of drug-likeness (QED) is 0.206. The van der Waals surface area contributed by atoms with Gasteiger partial charge in [-0.3, -0.25) is 0 Å². The van der Waals surface area contributed by atoms with Gasteiger partial charge in [0.15, 0.2) is 0 Å². The Morgan fingerprint density at radius 2 is 1.05 bits per heavy atom. The monoisotopic (exact) mass is 503 g/mol. The van der Waals surface area contributed by atoms with Gasteiger partial charge in [-0.15, -0.1) is 0 Å². The Balaban J connectivity index is 1.56. The molecule has 0 unspecified atom stereocenters. The first-order chi connectivity index (χ1) is 22.1. The second kappa shape index (κ2) is 8.16. The van der Waals surface area contributed by atoms with Crippen molar-refractivity contribution in [2.45, 2.75) is 19.3 Å². The van der Waals surface area contributed by atoms with Crippen molar-refractivity contribution in [3.63, 3.8) is 0 Å². The lowest BCUT2D eigenvalue weighted by Gasteiger charge is -2.22. The molecule has 0 spiro atoms. The van der Waals surface area contributed by atoms with Gasteiger partial charge in [0.2, 0.25) is 0 Å². The van der Waals surface area contributed by atoms with Gasteiger partial charge in [0, 0.05) is 5.41 Å². The van der Waals surface area contributed by atoms with Gasteiger partial charge in [0.05, 0.1) is 9.60 Å². The van der Waals surface area contributed by atoms with Gasteiger partial charge >= 0.3 is 0 Å². The fourth-order valence-corrected chi connectivity index (χ4v) is 6.56. The van der Waals surface area contributed by atoms with Crippen molar-refractivity contribution in [1.29, 1.82) is 0 Å². The standard InChI is InChI=1S/C39H28/c1-39(2)34-20-10-9-18-32(34)38-33(19-11-21-35(38)39)37-30-16-7-5-14-28(30)36(29-15-6-8-17-31(29)37)27-23-22-25-12-3-4-13-26(25)24-27/h3-24H,1-2H3/i3D,4D,12D,13D,22D,23D,24D. The molecule has 0 nitrogen and oxygen atoms in total. The molecular formula is C39H28. The third-order valence-electron chi connectivity index (χ3n) is 8.31. The van der Waals surface area contributed by atoms with Crippen LogP contribution < -0.4 is 0 Å². The Morgan fingerprint density at radius 3 is 1.77 bits per heavy atom. The Bertz CT molecular complexity index is 2420. The minimum Gasteiger partial charge on any atom is -0.0619 e. The first-order valence-corrected chi connectivity index (χ1v) is 13.2. The maximum atomic E-state index is 9.36. The molecule has 7 aromatic rings. The Kier molecular flexibility index (Phi) is 3.41. The molecule has 1 aliphatic rings. The summed E-state index contributed by atoms with van der Waals surface area (Å²) >= 11 is 0. The predicted molar refractivity (Wildman–Crippen MR) is 167 cm³/mol. The van der Waals surface area contributed by atoms with Crippen LogP contribution in [0.3, 0.4) is 0 Å². The molecule has 0 fully saturated rings. The second-order valence-corrected chi connectivity index (χ2v) is 10.7. The van der Waals surface area contributed by atoms with Crippen molar-refractivity contribution < 1.29 is 9.60 Å². The molecule has 0 atom stereocenters. The van der Waals surface area contributed by atoms with Crippen LogP contribution in [0, 0.1) is 0 Å². The fourth-order valence-electron chi connectivity index (χ4n) is 6.56. The van der Waals surface area contributed by atoms with Crippen LogP contribution in [0.2, 0.25) is 0 Å². The van der Waals surface area contributed by atoms with E-state index in [0.717, 1.165) is 32.7 Å². The van der Waals surface area contributed by atoms with Crippen LogP contribution in [0.5, 0.6) is 0 Å². The number of hydrogen-bond donors (Lipinski definition) is 0. The molecule has 8 rings (SSSR count). The molecule has 0 saturated carbocycles. The van der Waals surface area contributed by atoms with E-state index in [1.54, 1.807) is 0 Å². The zero-order valence-electron chi connectivity index (χ0n) is 28.7. The lowest BCUT2D eigenvalue weighted by molar-refractivity contribution is 0.660. The summed E-state index contributed by atoms with van der Waals surface area (Å²) in [6.45, 7) is 4.53. The molecule has 0 aromatic heterocycles. The van der Waals surface area contributed by atoms with Crippen molar-refractivity contribution in [1.82, 2.24) is 0 Å². The molecule has 0 N–H and O–H groups in total. The van der Waals surface area contributed by atoms with Gasteiger partial charge in [-0.2, -0.15) is 0 Å². The number of fused-ring (bicyclic) bond motifs is 6. The highest BCUT2D eigenvalue weighted by molar-refractivity contribution is 6.23. The molecule has 0 saturated heterocycles. The van der Waals surface area contributed by atoms with Gasteiger partial charge in [-0.1, -0.05) is 141 Å². The molecular weight excluding hydrogens is 468 g/mol. The van der Waals surface area contributed by atoms with Crippen molar-refractivity contribution >= 4 is 32.3 Å². The molecule has 0 heterocycles. The van der Waals surface area contributed by atoms with Gasteiger partial charge in [-0.05, 0) is 82.9 Å². The average Bonchev–Trinajstić information content (AvgIpc) is 3.30. The van der Waals surface area contributed by atoms with Gasteiger partial charge < -0.3 is 0 Å². The molecule has 7 aromatic carbocycles. The summed E-state index contributed by atoms with van der Waals surface area (Å²) in [6.07, 6.45) is 0. The third kappa shape index (κ3) is 3.12. The van der Waals surface area contributed by atoms with E-state index in [1.807, 2.05) is 36.4 Å². The molecule has 0 amide bonds. The van der Waals surface area contributed by atoms with Crippen LogP contribution >= 0.6 is 0 Å². The normalized spacial score (nSPS) is 16.1. The summed E-state index contributed by atoms with van der Waals surface area (Å²) in [5.74, 6) is 0. The van der Waals surface area contributed by atoms with E-state index in [2.05, 4.69) is 68.4 Å². The summed E-state index contributed by atoms with van der Waals surface area (Å²) in [5.41, 5.74) is 7.71. The molecule has 39 heavy (non-hydrogen) atoms. The lowest BCUT2D eigenvalue weighted by atomic mass is 9.80. The van der Waals surface area contributed by atoms with Gasteiger partial charge in [-0.25, -0.2) is 0 Å². The van der Waals surface area contributed by atoms with Crippen molar-refractivity contribution in [3.05, 3.63) is 144 Å². The van der Waals surface area contributed by atoms with Crippen LogP contribution in [0.1, 0.15) is 34.6 Å². The summed E-state index contributed by atoms with van der Waals surface area (Å²) < 4.78 is 61.1. The van der Waals surface area contributed by atoms with Crippen LogP contribution in [-0.2, 0) is 5.41 Å². The maximum absolute atomic E-state index is 9.36. The second-order valence-electron chi connectivity index (χ2n) is 10.7. The van der Waals surface area contributed by atoms with Crippen LogP contribution in [0.4, 0.5) is 0 Å². The van der Waals surface area contributed by atoms with Crippen molar-refractivity contribution in [2.75, 3.05) is 0 Å². The Morgan fingerprint density at radius 1 is 0.487 bits per heavy atom. The van der Waals surface area contributed by atoms with E-state index in [1.165, 1.54) is 22.3 Å².